The molecule has 0 aliphatic rings. The summed E-state index contributed by atoms with van der Waals surface area (Å²) < 4.78 is 6.71. The predicted molar refractivity (Wildman–Crippen MR) is 78.1 cm³/mol. The topological polar surface area (TPSA) is 63.9 Å². The van der Waals surface area contributed by atoms with Crippen LogP contribution in [0.2, 0.25) is 0 Å². The third-order valence-corrected chi connectivity index (χ3v) is 3.22. The Kier molecular flexibility index (Phi) is 4.57. The number of amides is 1. The highest BCUT2D eigenvalue weighted by Crippen LogP contribution is 2.10. The van der Waals surface area contributed by atoms with E-state index in [1.54, 1.807) is 20.2 Å². The van der Waals surface area contributed by atoms with E-state index in [0.717, 1.165) is 11.3 Å². The summed E-state index contributed by atoms with van der Waals surface area (Å²) >= 11 is 0. The molecule has 0 aliphatic heterocycles. The lowest BCUT2D eigenvalue weighted by Gasteiger charge is -2.14. The summed E-state index contributed by atoms with van der Waals surface area (Å²) in [6.45, 7) is 4.37. The van der Waals surface area contributed by atoms with Crippen molar-refractivity contribution in [1.29, 1.82) is 0 Å². The van der Waals surface area contributed by atoms with E-state index in [4.69, 9.17) is 4.74 Å². The highest BCUT2D eigenvalue weighted by Gasteiger charge is 2.17. The molecule has 2 aromatic rings. The molecule has 0 unspecified atom stereocenters. The minimum Gasteiger partial charge on any atom is -0.466 e. The summed E-state index contributed by atoms with van der Waals surface area (Å²) in [5.41, 5.74) is 2.11. The number of carbonyl (C=O) groups is 2. The Morgan fingerprint density at radius 1 is 1.38 bits per heavy atom. The Morgan fingerprint density at radius 3 is 2.81 bits per heavy atom. The van der Waals surface area contributed by atoms with Gasteiger partial charge in [-0.15, -0.1) is 0 Å². The van der Waals surface area contributed by atoms with Gasteiger partial charge >= 0.3 is 5.97 Å². The van der Waals surface area contributed by atoms with E-state index in [1.165, 1.54) is 4.90 Å². The van der Waals surface area contributed by atoms with Crippen molar-refractivity contribution in [3.05, 3.63) is 35.8 Å². The second-order valence-electron chi connectivity index (χ2n) is 4.80. The number of aromatic nitrogens is 2. The summed E-state index contributed by atoms with van der Waals surface area (Å²) in [7, 11) is 1.65. The van der Waals surface area contributed by atoms with Crippen molar-refractivity contribution in [2.75, 3.05) is 20.2 Å². The SMILES string of the molecule is CCOC(=O)CCN(C)C(=O)c1cn2c(C)cccc2n1. The number of hydrogen-bond acceptors (Lipinski definition) is 4. The predicted octanol–water partition coefficient (Wildman–Crippen LogP) is 1.67. The van der Waals surface area contributed by atoms with Gasteiger partial charge in [0.25, 0.3) is 5.91 Å². The lowest BCUT2D eigenvalue weighted by molar-refractivity contribution is -0.143. The van der Waals surface area contributed by atoms with Crippen LogP contribution >= 0.6 is 0 Å². The molecule has 0 saturated carbocycles. The molecule has 6 nitrogen and oxygen atoms in total. The van der Waals surface area contributed by atoms with Gasteiger partial charge in [0, 0.05) is 25.5 Å². The first-order chi connectivity index (χ1) is 10.0. The minimum absolute atomic E-state index is 0.183. The first kappa shape index (κ1) is 15.0. The van der Waals surface area contributed by atoms with E-state index in [-0.39, 0.29) is 18.3 Å². The molecule has 112 valence electrons. The van der Waals surface area contributed by atoms with Gasteiger partial charge in [0.05, 0.1) is 13.0 Å². The second-order valence-corrected chi connectivity index (χ2v) is 4.80. The number of aryl methyl sites for hydroxylation is 1. The highest BCUT2D eigenvalue weighted by atomic mass is 16.5. The quantitative estimate of drug-likeness (QED) is 0.785. The number of fused-ring (bicyclic) bond motifs is 1. The molecule has 0 aromatic carbocycles. The number of ether oxygens (including phenoxy) is 1. The lowest BCUT2D eigenvalue weighted by Crippen LogP contribution is -2.29. The summed E-state index contributed by atoms with van der Waals surface area (Å²) in [4.78, 5) is 29.4. The van der Waals surface area contributed by atoms with Crippen molar-refractivity contribution >= 4 is 17.5 Å². The van der Waals surface area contributed by atoms with Crippen LogP contribution in [0, 0.1) is 6.92 Å². The summed E-state index contributed by atoms with van der Waals surface area (Å²) in [6, 6.07) is 5.70. The molecule has 0 fully saturated rings. The molecular weight excluding hydrogens is 270 g/mol. The summed E-state index contributed by atoms with van der Waals surface area (Å²) in [6.07, 6.45) is 1.90. The number of rotatable bonds is 5. The Hall–Kier alpha value is -2.37. The first-order valence-corrected chi connectivity index (χ1v) is 6.88. The molecule has 0 aliphatic carbocycles. The smallest absolute Gasteiger partial charge is 0.307 e. The summed E-state index contributed by atoms with van der Waals surface area (Å²) in [5.74, 6) is -0.509. The standard InChI is InChI=1S/C15H19N3O3/c1-4-21-14(19)8-9-17(3)15(20)12-10-18-11(2)6-5-7-13(18)16-12/h5-7,10H,4,8-9H2,1-3H3. The number of imidazole rings is 1. The van der Waals surface area contributed by atoms with Crippen molar-refractivity contribution in [2.45, 2.75) is 20.3 Å². The fourth-order valence-corrected chi connectivity index (χ4v) is 2.04. The van der Waals surface area contributed by atoms with Crippen LogP contribution in [-0.4, -0.2) is 46.4 Å². The zero-order valence-corrected chi connectivity index (χ0v) is 12.5. The minimum atomic E-state index is -0.303. The van der Waals surface area contributed by atoms with Gasteiger partial charge in [0.15, 0.2) is 0 Å². The lowest BCUT2D eigenvalue weighted by atomic mass is 10.3. The maximum atomic E-state index is 12.3. The molecule has 0 bridgehead atoms. The third-order valence-electron chi connectivity index (χ3n) is 3.22. The van der Waals surface area contributed by atoms with Gasteiger partial charge in [-0.1, -0.05) is 6.07 Å². The van der Waals surface area contributed by atoms with Crippen LogP contribution in [0.4, 0.5) is 0 Å². The fraction of sp³-hybridized carbons (Fsp3) is 0.400. The molecule has 6 heteroatoms. The van der Waals surface area contributed by atoms with Crippen molar-refractivity contribution in [1.82, 2.24) is 14.3 Å². The Balaban J connectivity index is 2.07. The van der Waals surface area contributed by atoms with Gasteiger partial charge in [0.2, 0.25) is 0 Å². The van der Waals surface area contributed by atoms with Crippen LogP contribution in [0.1, 0.15) is 29.5 Å². The van der Waals surface area contributed by atoms with Crippen LogP contribution in [-0.2, 0) is 9.53 Å². The van der Waals surface area contributed by atoms with Crippen LogP contribution < -0.4 is 0 Å². The zero-order chi connectivity index (χ0) is 15.4. The molecule has 2 heterocycles. The molecule has 0 radical (unpaired) electrons. The third kappa shape index (κ3) is 3.39. The Bertz CT molecular complexity index is 663. The monoisotopic (exact) mass is 289 g/mol. The van der Waals surface area contributed by atoms with E-state index in [9.17, 15) is 9.59 Å². The molecule has 0 N–H and O–H groups in total. The van der Waals surface area contributed by atoms with Crippen LogP contribution in [0.25, 0.3) is 5.65 Å². The number of pyridine rings is 1. The van der Waals surface area contributed by atoms with Crippen LogP contribution in [0.5, 0.6) is 0 Å². The maximum absolute atomic E-state index is 12.3. The molecule has 2 aromatic heterocycles. The van der Waals surface area contributed by atoms with Gasteiger partial charge in [-0.2, -0.15) is 0 Å². The average Bonchev–Trinajstić information content (AvgIpc) is 2.90. The van der Waals surface area contributed by atoms with Gasteiger partial charge in [-0.05, 0) is 26.0 Å². The van der Waals surface area contributed by atoms with Gasteiger partial charge in [0.1, 0.15) is 11.3 Å². The first-order valence-electron chi connectivity index (χ1n) is 6.88. The van der Waals surface area contributed by atoms with Gasteiger partial charge in [-0.3, -0.25) is 9.59 Å². The second kappa shape index (κ2) is 6.39. The zero-order valence-electron chi connectivity index (χ0n) is 12.5. The van der Waals surface area contributed by atoms with E-state index < -0.39 is 0 Å². The van der Waals surface area contributed by atoms with Crippen LogP contribution in [0.15, 0.2) is 24.4 Å². The van der Waals surface area contributed by atoms with Crippen LogP contribution in [0.3, 0.4) is 0 Å². The number of carbonyl (C=O) groups excluding carboxylic acids is 2. The molecule has 0 spiro atoms. The largest absolute Gasteiger partial charge is 0.466 e. The average molecular weight is 289 g/mol. The van der Waals surface area contributed by atoms with Gasteiger partial charge in [-0.25, -0.2) is 4.98 Å². The highest BCUT2D eigenvalue weighted by molar-refractivity contribution is 5.93. The van der Waals surface area contributed by atoms with E-state index in [2.05, 4.69) is 4.98 Å². The Labute approximate surface area is 123 Å². The Morgan fingerprint density at radius 2 is 2.14 bits per heavy atom. The van der Waals surface area contributed by atoms with E-state index in [1.807, 2.05) is 29.5 Å². The maximum Gasteiger partial charge on any atom is 0.307 e. The number of nitrogens with zero attached hydrogens (tertiary/aromatic N) is 3. The number of esters is 1. The molecule has 1 amide bonds. The van der Waals surface area contributed by atoms with Crippen molar-refractivity contribution in [3.63, 3.8) is 0 Å². The van der Waals surface area contributed by atoms with E-state index in [0.29, 0.717) is 18.8 Å². The normalized spacial score (nSPS) is 10.6. The molecule has 21 heavy (non-hydrogen) atoms. The van der Waals surface area contributed by atoms with Crippen molar-refractivity contribution in [2.24, 2.45) is 0 Å². The van der Waals surface area contributed by atoms with Gasteiger partial charge < -0.3 is 14.0 Å². The molecule has 0 saturated heterocycles. The molecule has 0 atom stereocenters. The van der Waals surface area contributed by atoms with Crippen molar-refractivity contribution in [3.8, 4) is 0 Å². The number of hydrogen-bond donors (Lipinski definition) is 0. The van der Waals surface area contributed by atoms with E-state index >= 15 is 0 Å². The molecule has 2 rings (SSSR count). The fourth-order valence-electron chi connectivity index (χ4n) is 2.04. The molecular formula is C15H19N3O3. The van der Waals surface area contributed by atoms with Crippen molar-refractivity contribution < 1.29 is 14.3 Å². The summed E-state index contributed by atoms with van der Waals surface area (Å²) in [5, 5.41) is 0.